The van der Waals surface area contributed by atoms with Gasteiger partial charge in [-0.25, -0.2) is 4.39 Å². The summed E-state index contributed by atoms with van der Waals surface area (Å²) in [6.45, 7) is 2.94. The molecule has 1 aliphatic heterocycles. The fraction of sp³-hybridized carbons (Fsp3) is 0.316. The maximum Gasteiger partial charge on any atom is 0.185 e. The second-order valence-electron chi connectivity index (χ2n) is 5.86. The SMILES string of the molecule is CC(CC(=O)c1ccc(Br)c(C2OCCO2)c1)c1ccccc1F. The molecule has 1 saturated heterocycles. The van der Waals surface area contributed by atoms with Crippen LogP contribution in [-0.4, -0.2) is 19.0 Å². The number of hydrogen-bond donors (Lipinski definition) is 0. The molecule has 0 radical (unpaired) electrons. The number of rotatable bonds is 5. The Morgan fingerprint density at radius 1 is 1.25 bits per heavy atom. The van der Waals surface area contributed by atoms with E-state index in [0.717, 1.165) is 10.0 Å². The van der Waals surface area contributed by atoms with Crippen LogP contribution in [0.5, 0.6) is 0 Å². The molecule has 1 fully saturated rings. The molecule has 1 atom stereocenters. The molecule has 0 aromatic heterocycles. The zero-order valence-corrected chi connectivity index (χ0v) is 14.9. The van der Waals surface area contributed by atoms with Gasteiger partial charge in [-0.05, 0) is 29.7 Å². The van der Waals surface area contributed by atoms with Crippen molar-refractivity contribution in [3.8, 4) is 0 Å². The Bertz CT molecular complexity index is 741. The third kappa shape index (κ3) is 3.74. The summed E-state index contributed by atoms with van der Waals surface area (Å²) < 4.78 is 25.7. The second kappa shape index (κ2) is 7.55. The van der Waals surface area contributed by atoms with E-state index >= 15 is 0 Å². The number of carbonyl (C=O) groups excluding carboxylic acids is 1. The van der Waals surface area contributed by atoms with Crippen molar-refractivity contribution < 1.29 is 18.7 Å². The molecule has 0 aliphatic carbocycles. The molecule has 1 aliphatic rings. The largest absolute Gasteiger partial charge is 0.346 e. The third-order valence-electron chi connectivity index (χ3n) is 4.12. The minimum Gasteiger partial charge on any atom is -0.346 e. The number of hydrogen-bond acceptors (Lipinski definition) is 3. The molecule has 2 aromatic carbocycles. The first-order valence-corrected chi connectivity index (χ1v) is 8.66. The Morgan fingerprint density at radius 2 is 1.96 bits per heavy atom. The summed E-state index contributed by atoms with van der Waals surface area (Å²) in [6, 6.07) is 11.9. The molecule has 126 valence electrons. The Kier molecular flexibility index (Phi) is 5.43. The van der Waals surface area contributed by atoms with Crippen molar-refractivity contribution in [2.75, 3.05) is 13.2 Å². The topological polar surface area (TPSA) is 35.5 Å². The first-order chi connectivity index (χ1) is 11.6. The van der Waals surface area contributed by atoms with Gasteiger partial charge in [-0.2, -0.15) is 0 Å². The lowest BCUT2D eigenvalue weighted by atomic mass is 9.92. The summed E-state index contributed by atoms with van der Waals surface area (Å²) in [5, 5.41) is 0. The number of ketones is 1. The zero-order valence-electron chi connectivity index (χ0n) is 13.3. The molecular formula is C19H18BrFO3. The Labute approximate surface area is 148 Å². The summed E-state index contributed by atoms with van der Waals surface area (Å²) >= 11 is 3.47. The molecule has 3 nitrogen and oxygen atoms in total. The fourth-order valence-electron chi connectivity index (χ4n) is 2.82. The van der Waals surface area contributed by atoms with Crippen LogP contribution in [0.4, 0.5) is 4.39 Å². The maximum absolute atomic E-state index is 13.9. The molecule has 3 rings (SSSR count). The van der Waals surface area contributed by atoms with Gasteiger partial charge in [0.1, 0.15) is 5.82 Å². The fourth-order valence-corrected chi connectivity index (χ4v) is 3.25. The molecule has 0 saturated carbocycles. The molecule has 24 heavy (non-hydrogen) atoms. The van der Waals surface area contributed by atoms with Gasteiger partial charge in [0.05, 0.1) is 13.2 Å². The normalized spacial score (nSPS) is 16.3. The predicted octanol–water partition coefficient (Wildman–Crippen LogP) is 5.01. The van der Waals surface area contributed by atoms with Crippen molar-refractivity contribution in [2.45, 2.75) is 25.6 Å². The minimum absolute atomic E-state index is 0.0301. The second-order valence-corrected chi connectivity index (χ2v) is 6.71. The molecular weight excluding hydrogens is 375 g/mol. The van der Waals surface area contributed by atoms with Gasteiger partial charge in [-0.1, -0.05) is 47.1 Å². The number of ether oxygens (including phenoxy) is 2. The maximum atomic E-state index is 13.9. The number of halogens is 2. The zero-order chi connectivity index (χ0) is 17.1. The van der Waals surface area contributed by atoms with E-state index in [-0.39, 0.29) is 23.9 Å². The quantitative estimate of drug-likeness (QED) is 0.670. The first-order valence-electron chi connectivity index (χ1n) is 7.86. The van der Waals surface area contributed by atoms with Crippen LogP contribution in [0.1, 0.15) is 47.0 Å². The molecule has 1 heterocycles. The van der Waals surface area contributed by atoms with E-state index in [1.54, 1.807) is 30.3 Å². The lowest BCUT2D eigenvalue weighted by Crippen LogP contribution is -2.08. The van der Waals surface area contributed by atoms with E-state index < -0.39 is 6.29 Å². The highest BCUT2D eigenvalue weighted by atomic mass is 79.9. The Balaban J connectivity index is 1.77. The Hall–Kier alpha value is -1.56. The molecule has 0 amide bonds. The third-order valence-corrected chi connectivity index (χ3v) is 4.84. The number of Topliss-reactive ketones (excluding diaryl/α,β-unsaturated/α-hetero) is 1. The lowest BCUT2D eigenvalue weighted by Gasteiger charge is -2.15. The van der Waals surface area contributed by atoms with E-state index in [1.165, 1.54) is 6.07 Å². The number of benzene rings is 2. The van der Waals surface area contributed by atoms with E-state index in [9.17, 15) is 9.18 Å². The van der Waals surface area contributed by atoms with Crippen LogP contribution in [0.3, 0.4) is 0 Å². The van der Waals surface area contributed by atoms with Gasteiger partial charge >= 0.3 is 0 Å². The van der Waals surface area contributed by atoms with Crippen molar-refractivity contribution in [2.24, 2.45) is 0 Å². The van der Waals surface area contributed by atoms with Crippen molar-refractivity contribution in [1.29, 1.82) is 0 Å². The predicted molar refractivity (Wildman–Crippen MR) is 92.5 cm³/mol. The van der Waals surface area contributed by atoms with Gasteiger partial charge in [0.15, 0.2) is 12.1 Å². The molecule has 5 heteroatoms. The summed E-state index contributed by atoms with van der Waals surface area (Å²) in [5.41, 5.74) is 1.94. The first kappa shape index (κ1) is 17.3. The molecule has 0 N–H and O–H groups in total. The Morgan fingerprint density at radius 3 is 2.67 bits per heavy atom. The van der Waals surface area contributed by atoms with Crippen LogP contribution >= 0.6 is 15.9 Å². The average Bonchev–Trinajstić information content (AvgIpc) is 3.09. The average molecular weight is 393 g/mol. The van der Waals surface area contributed by atoms with Gasteiger partial charge in [-0.3, -0.25) is 4.79 Å². The summed E-state index contributed by atoms with van der Waals surface area (Å²) in [5.74, 6) is -0.496. The van der Waals surface area contributed by atoms with E-state index in [4.69, 9.17) is 9.47 Å². The van der Waals surface area contributed by atoms with Crippen LogP contribution in [-0.2, 0) is 9.47 Å². The van der Waals surface area contributed by atoms with Gasteiger partial charge in [-0.15, -0.1) is 0 Å². The molecule has 0 bridgehead atoms. The summed E-state index contributed by atoms with van der Waals surface area (Å²) in [6.07, 6.45) is -0.204. The highest BCUT2D eigenvalue weighted by molar-refractivity contribution is 9.10. The molecule has 2 aromatic rings. The van der Waals surface area contributed by atoms with Crippen LogP contribution in [0.25, 0.3) is 0 Å². The van der Waals surface area contributed by atoms with Crippen molar-refractivity contribution >= 4 is 21.7 Å². The van der Waals surface area contributed by atoms with E-state index in [1.807, 2.05) is 13.0 Å². The molecule has 1 unspecified atom stereocenters. The van der Waals surface area contributed by atoms with Crippen molar-refractivity contribution in [3.05, 3.63) is 69.4 Å². The number of carbonyl (C=O) groups is 1. The van der Waals surface area contributed by atoms with Crippen LogP contribution in [0.2, 0.25) is 0 Å². The highest BCUT2D eigenvalue weighted by Crippen LogP contribution is 2.31. The minimum atomic E-state index is -0.448. The lowest BCUT2D eigenvalue weighted by molar-refractivity contribution is -0.0446. The van der Waals surface area contributed by atoms with Crippen LogP contribution in [0.15, 0.2) is 46.9 Å². The highest BCUT2D eigenvalue weighted by Gasteiger charge is 2.23. The summed E-state index contributed by atoms with van der Waals surface area (Å²) in [7, 11) is 0. The van der Waals surface area contributed by atoms with Crippen molar-refractivity contribution in [3.63, 3.8) is 0 Å². The van der Waals surface area contributed by atoms with Gasteiger partial charge < -0.3 is 9.47 Å². The standard InChI is InChI=1S/C19H18BrFO3/c1-12(14-4-2-3-5-17(14)21)10-18(22)13-6-7-16(20)15(11-13)19-23-8-9-24-19/h2-7,11-12,19H,8-10H2,1H3. The van der Waals surface area contributed by atoms with Crippen LogP contribution < -0.4 is 0 Å². The summed E-state index contributed by atoms with van der Waals surface area (Å²) in [4.78, 5) is 12.6. The van der Waals surface area contributed by atoms with Crippen molar-refractivity contribution in [1.82, 2.24) is 0 Å². The smallest absolute Gasteiger partial charge is 0.185 e. The van der Waals surface area contributed by atoms with Crippen LogP contribution in [0, 0.1) is 5.82 Å². The van der Waals surface area contributed by atoms with E-state index in [0.29, 0.717) is 24.3 Å². The van der Waals surface area contributed by atoms with E-state index in [2.05, 4.69) is 15.9 Å². The van der Waals surface area contributed by atoms with Gasteiger partial charge in [0.25, 0.3) is 0 Å². The van der Waals surface area contributed by atoms with Gasteiger partial charge in [0, 0.05) is 22.0 Å². The monoisotopic (exact) mass is 392 g/mol. The van der Waals surface area contributed by atoms with Gasteiger partial charge in [0.2, 0.25) is 0 Å². The molecule has 0 spiro atoms.